The summed E-state index contributed by atoms with van der Waals surface area (Å²) < 4.78 is 42.1. The van der Waals surface area contributed by atoms with E-state index in [1.807, 2.05) is 35.9 Å². The molecule has 0 aliphatic carbocycles. The van der Waals surface area contributed by atoms with Gasteiger partial charge in [-0.05, 0) is 30.7 Å². The standard InChI is InChI=1S/C16H16FN3O2S/c1-12-5-4-10-20-11-13(19-16(12)20)8-9-18-23(21,22)15-7-3-2-6-14(15)17/h2-7,10-11,18H,8-9H2,1H3. The first-order valence-corrected chi connectivity index (χ1v) is 8.63. The molecule has 0 bridgehead atoms. The van der Waals surface area contributed by atoms with Gasteiger partial charge in [0.1, 0.15) is 16.4 Å². The Bertz CT molecular complexity index is 951. The maximum absolute atomic E-state index is 13.6. The highest BCUT2D eigenvalue weighted by Crippen LogP contribution is 2.13. The van der Waals surface area contributed by atoms with Crippen molar-refractivity contribution in [3.8, 4) is 0 Å². The molecule has 5 nitrogen and oxygen atoms in total. The normalized spacial score (nSPS) is 11.9. The summed E-state index contributed by atoms with van der Waals surface area (Å²) in [6, 6.07) is 9.20. The summed E-state index contributed by atoms with van der Waals surface area (Å²) in [6.45, 7) is 2.12. The summed E-state index contributed by atoms with van der Waals surface area (Å²) in [4.78, 5) is 4.13. The van der Waals surface area contributed by atoms with Gasteiger partial charge in [-0.2, -0.15) is 0 Å². The molecule has 0 fully saturated rings. The molecule has 3 aromatic rings. The average Bonchev–Trinajstić information content (AvgIpc) is 2.92. The third-order valence-corrected chi connectivity index (χ3v) is 5.02. The highest BCUT2D eigenvalue weighted by atomic mass is 32.2. The molecule has 0 saturated carbocycles. The lowest BCUT2D eigenvalue weighted by Gasteiger charge is -2.06. The van der Waals surface area contributed by atoms with Gasteiger partial charge in [0, 0.05) is 25.4 Å². The average molecular weight is 333 g/mol. The predicted octanol–water partition coefficient (Wildman–Crippen LogP) is 2.30. The van der Waals surface area contributed by atoms with Crippen LogP contribution in [-0.2, 0) is 16.4 Å². The minimum atomic E-state index is -3.86. The van der Waals surface area contributed by atoms with Gasteiger partial charge in [0.25, 0.3) is 0 Å². The molecule has 120 valence electrons. The molecule has 0 unspecified atom stereocenters. The zero-order valence-corrected chi connectivity index (χ0v) is 13.3. The molecule has 1 aromatic carbocycles. The van der Waals surface area contributed by atoms with Crippen molar-refractivity contribution in [2.75, 3.05) is 6.54 Å². The number of pyridine rings is 1. The number of halogens is 1. The molecule has 0 radical (unpaired) electrons. The van der Waals surface area contributed by atoms with Crippen LogP contribution in [-0.4, -0.2) is 24.3 Å². The number of hydrogen-bond acceptors (Lipinski definition) is 3. The topological polar surface area (TPSA) is 63.5 Å². The van der Waals surface area contributed by atoms with E-state index in [2.05, 4.69) is 9.71 Å². The number of nitrogens with one attached hydrogen (secondary N) is 1. The third-order valence-electron chi connectivity index (χ3n) is 3.53. The van der Waals surface area contributed by atoms with Gasteiger partial charge in [0.2, 0.25) is 10.0 Å². The Hall–Kier alpha value is -2.25. The number of aryl methyl sites for hydroxylation is 1. The summed E-state index contributed by atoms with van der Waals surface area (Å²) >= 11 is 0. The molecule has 0 spiro atoms. The van der Waals surface area contributed by atoms with Gasteiger partial charge in [-0.25, -0.2) is 22.5 Å². The van der Waals surface area contributed by atoms with Crippen LogP contribution in [0.5, 0.6) is 0 Å². The molecule has 0 amide bonds. The Morgan fingerprint density at radius 3 is 2.74 bits per heavy atom. The Kier molecular flexibility index (Phi) is 4.14. The minimum Gasteiger partial charge on any atom is -0.307 e. The Labute approximate surface area is 133 Å². The van der Waals surface area contributed by atoms with E-state index in [1.54, 1.807) is 0 Å². The highest BCUT2D eigenvalue weighted by Gasteiger charge is 2.17. The van der Waals surface area contributed by atoms with E-state index in [9.17, 15) is 12.8 Å². The number of sulfonamides is 1. The maximum atomic E-state index is 13.6. The molecule has 2 heterocycles. The van der Waals surface area contributed by atoms with Crippen LogP contribution >= 0.6 is 0 Å². The van der Waals surface area contributed by atoms with Crippen LogP contribution in [0.2, 0.25) is 0 Å². The maximum Gasteiger partial charge on any atom is 0.243 e. The van der Waals surface area contributed by atoms with E-state index < -0.39 is 15.8 Å². The van der Waals surface area contributed by atoms with Crippen molar-refractivity contribution in [2.24, 2.45) is 0 Å². The van der Waals surface area contributed by atoms with Gasteiger partial charge in [0.05, 0.1) is 5.69 Å². The summed E-state index contributed by atoms with van der Waals surface area (Å²) in [5, 5.41) is 0. The zero-order valence-electron chi connectivity index (χ0n) is 12.5. The molecule has 23 heavy (non-hydrogen) atoms. The quantitative estimate of drug-likeness (QED) is 0.779. The van der Waals surface area contributed by atoms with Gasteiger partial charge in [-0.3, -0.25) is 0 Å². The summed E-state index contributed by atoms with van der Waals surface area (Å²) in [7, 11) is -3.86. The number of nitrogens with zero attached hydrogens (tertiary/aromatic N) is 2. The third kappa shape index (κ3) is 3.25. The summed E-state index contributed by atoms with van der Waals surface area (Å²) in [5.41, 5.74) is 2.67. The molecule has 1 N–H and O–H groups in total. The van der Waals surface area contributed by atoms with Crippen molar-refractivity contribution in [3.05, 3.63) is 65.9 Å². The Morgan fingerprint density at radius 1 is 1.22 bits per heavy atom. The highest BCUT2D eigenvalue weighted by molar-refractivity contribution is 7.89. The minimum absolute atomic E-state index is 0.152. The Balaban J connectivity index is 1.71. The first-order valence-electron chi connectivity index (χ1n) is 7.15. The van der Waals surface area contributed by atoms with Gasteiger partial charge in [0.15, 0.2) is 0 Å². The smallest absolute Gasteiger partial charge is 0.243 e. The molecule has 0 atom stereocenters. The summed E-state index contributed by atoms with van der Waals surface area (Å²) in [6.07, 6.45) is 4.18. The van der Waals surface area contributed by atoms with E-state index in [0.717, 1.165) is 23.0 Å². The van der Waals surface area contributed by atoms with Crippen LogP contribution in [0.3, 0.4) is 0 Å². The van der Waals surface area contributed by atoms with E-state index in [0.29, 0.717) is 6.42 Å². The monoisotopic (exact) mass is 333 g/mol. The Morgan fingerprint density at radius 2 is 2.00 bits per heavy atom. The lowest BCUT2D eigenvalue weighted by atomic mass is 10.3. The molecular weight excluding hydrogens is 317 g/mol. The first-order chi connectivity index (χ1) is 11.0. The fourth-order valence-corrected chi connectivity index (χ4v) is 3.49. The SMILES string of the molecule is Cc1cccn2cc(CCNS(=O)(=O)c3ccccc3F)nc12. The van der Waals surface area contributed by atoms with Crippen LogP contribution in [0.4, 0.5) is 4.39 Å². The largest absolute Gasteiger partial charge is 0.307 e. The lowest BCUT2D eigenvalue weighted by Crippen LogP contribution is -2.26. The molecule has 2 aromatic heterocycles. The molecule has 0 saturated heterocycles. The molecule has 0 aliphatic rings. The lowest BCUT2D eigenvalue weighted by molar-refractivity contribution is 0.557. The van der Waals surface area contributed by atoms with Crippen molar-refractivity contribution in [3.63, 3.8) is 0 Å². The van der Waals surface area contributed by atoms with E-state index in [1.165, 1.54) is 18.2 Å². The van der Waals surface area contributed by atoms with E-state index >= 15 is 0 Å². The van der Waals surface area contributed by atoms with Crippen LogP contribution in [0.15, 0.2) is 53.7 Å². The number of hydrogen-bond donors (Lipinski definition) is 1. The van der Waals surface area contributed by atoms with Gasteiger partial charge < -0.3 is 4.40 Å². The fourth-order valence-electron chi connectivity index (χ4n) is 2.38. The zero-order chi connectivity index (χ0) is 16.4. The molecule has 0 aliphatic heterocycles. The number of imidazole rings is 1. The fraction of sp³-hybridized carbons (Fsp3) is 0.188. The van der Waals surface area contributed by atoms with Crippen LogP contribution < -0.4 is 4.72 Å². The number of aromatic nitrogens is 2. The van der Waals surface area contributed by atoms with Gasteiger partial charge >= 0.3 is 0 Å². The van der Waals surface area contributed by atoms with E-state index in [4.69, 9.17) is 0 Å². The number of rotatable bonds is 5. The van der Waals surface area contributed by atoms with Crippen molar-refractivity contribution in [2.45, 2.75) is 18.2 Å². The molecular formula is C16H16FN3O2S. The van der Waals surface area contributed by atoms with Crippen LogP contribution in [0, 0.1) is 12.7 Å². The number of benzene rings is 1. The van der Waals surface area contributed by atoms with Crippen molar-refractivity contribution < 1.29 is 12.8 Å². The van der Waals surface area contributed by atoms with E-state index in [-0.39, 0.29) is 11.4 Å². The molecule has 3 rings (SSSR count). The van der Waals surface area contributed by atoms with Crippen molar-refractivity contribution in [1.29, 1.82) is 0 Å². The van der Waals surface area contributed by atoms with Crippen molar-refractivity contribution in [1.82, 2.24) is 14.1 Å². The van der Waals surface area contributed by atoms with Gasteiger partial charge in [-0.15, -0.1) is 0 Å². The second-order valence-electron chi connectivity index (χ2n) is 5.23. The first kappa shape index (κ1) is 15.6. The number of fused-ring (bicyclic) bond motifs is 1. The van der Waals surface area contributed by atoms with Crippen LogP contribution in [0.1, 0.15) is 11.3 Å². The van der Waals surface area contributed by atoms with Crippen LogP contribution in [0.25, 0.3) is 5.65 Å². The predicted molar refractivity (Wildman–Crippen MR) is 85.2 cm³/mol. The van der Waals surface area contributed by atoms with Crippen molar-refractivity contribution >= 4 is 15.7 Å². The van der Waals surface area contributed by atoms with Gasteiger partial charge in [-0.1, -0.05) is 18.2 Å². The molecule has 7 heteroatoms. The second kappa shape index (κ2) is 6.10. The summed E-state index contributed by atoms with van der Waals surface area (Å²) in [5.74, 6) is -0.761. The second-order valence-corrected chi connectivity index (χ2v) is 6.97.